The van der Waals surface area contributed by atoms with Gasteiger partial charge in [0.15, 0.2) is 0 Å². The molecule has 4 heteroatoms. The van der Waals surface area contributed by atoms with Crippen molar-refractivity contribution in [2.24, 2.45) is 11.8 Å². The number of aliphatic hydroxyl groups excluding tert-OH is 1. The van der Waals surface area contributed by atoms with E-state index in [0.717, 1.165) is 12.5 Å². The predicted molar refractivity (Wildman–Crippen MR) is 81.7 cm³/mol. The van der Waals surface area contributed by atoms with Crippen molar-refractivity contribution in [3.63, 3.8) is 0 Å². The molecule has 1 heterocycles. The van der Waals surface area contributed by atoms with Gasteiger partial charge in [0.2, 0.25) is 0 Å². The molecule has 0 saturated heterocycles. The lowest BCUT2D eigenvalue weighted by Crippen LogP contribution is -2.28. The summed E-state index contributed by atoms with van der Waals surface area (Å²) in [4.78, 5) is 16.2. The third-order valence-corrected chi connectivity index (χ3v) is 3.82. The number of aliphatic hydroxyl groups is 1. The van der Waals surface area contributed by atoms with Crippen molar-refractivity contribution in [2.45, 2.75) is 32.6 Å². The smallest absolute Gasteiger partial charge is 0.252 e. The summed E-state index contributed by atoms with van der Waals surface area (Å²) in [7, 11) is 0. The zero-order valence-corrected chi connectivity index (χ0v) is 12.4. The first-order chi connectivity index (χ1) is 10.2. The Bertz CT molecular complexity index is 545. The fourth-order valence-corrected chi connectivity index (χ4v) is 2.70. The molecule has 0 aromatic carbocycles. The van der Waals surface area contributed by atoms with Crippen LogP contribution in [0.25, 0.3) is 0 Å². The van der Waals surface area contributed by atoms with Crippen molar-refractivity contribution in [3.8, 4) is 11.8 Å². The van der Waals surface area contributed by atoms with Gasteiger partial charge in [0, 0.05) is 30.9 Å². The van der Waals surface area contributed by atoms with E-state index in [0.29, 0.717) is 23.5 Å². The molecule has 21 heavy (non-hydrogen) atoms. The van der Waals surface area contributed by atoms with Crippen LogP contribution in [-0.4, -0.2) is 29.1 Å². The SMILES string of the molecule is CC1CCC(CNC(=O)c2cncc(C#CCCO)c2)C1. The number of carbonyl (C=O) groups excluding carboxylic acids is 1. The number of amides is 1. The lowest BCUT2D eigenvalue weighted by atomic mass is 10.1. The Morgan fingerprint density at radius 1 is 1.48 bits per heavy atom. The van der Waals surface area contributed by atoms with Gasteiger partial charge in [0.25, 0.3) is 5.91 Å². The van der Waals surface area contributed by atoms with Crippen LogP contribution in [0.5, 0.6) is 0 Å². The van der Waals surface area contributed by atoms with Gasteiger partial charge in [-0.05, 0) is 30.7 Å². The Balaban J connectivity index is 1.90. The highest BCUT2D eigenvalue weighted by molar-refractivity contribution is 5.94. The van der Waals surface area contributed by atoms with E-state index in [2.05, 4.69) is 29.1 Å². The number of rotatable bonds is 4. The highest BCUT2D eigenvalue weighted by Crippen LogP contribution is 2.29. The van der Waals surface area contributed by atoms with Gasteiger partial charge in [-0.2, -0.15) is 0 Å². The minimum atomic E-state index is -0.0899. The van der Waals surface area contributed by atoms with E-state index in [-0.39, 0.29) is 12.5 Å². The molecule has 1 aromatic heterocycles. The van der Waals surface area contributed by atoms with Crippen molar-refractivity contribution >= 4 is 5.91 Å². The van der Waals surface area contributed by atoms with E-state index in [4.69, 9.17) is 5.11 Å². The summed E-state index contributed by atoms with van der Waals surface area (Å²) in [5.41, 5.74) is 1.24. The third-order valence-electron chi connectivity index (χ3n) is 3.82. The summed E-state index contributed by atoms with van der Waals surface area (Å²) in [6, 6.07) is 1.74. The highest BCUT2D eigenvalue weighted by atomic mass is 16.2. The molecular weight excluding hydrogens is 264 g/mol. The molecular formula is C17H22N2O2. The molecule has 112 valence electrons. The Labute approximate surface area is 126 Å². The molecule has 2 atom stereocenters. The molecule has 2 rings (SSSR count). The average Bonchev–Trinajstić information content (AvgIpc) is 2.91. The molecule has 1 aromatic rings. The molecule has 0 aliphatic heterocycles. The maximum absolute atomic E-state index is 12.1. The topological polar surface area (TPSA) is 62.2 Å². The molecule has 1 saturated carbocycles. The van der Waals surface area contributed by atoms with Gasteiger partial charge in [0.05, 0.1) is 12.2 Å². The maximum atomic E-state index is 12.1. The molecule has 2 unspecified atom stereocenters. The number of nitrogens with zero attached hydrogens (tertiary/aromatic N) is 1. The zero-order chi connectivity index (χ0) is 15.1. The summed E-state index contributed by atoms with van der Waals surface area (Å²) >= 11 is 0. The Hall–Kier alpha value is -1.86. The van der Waals surface area contributed by atoms with Crippen LogP contribution in [-0.2, 0) is 0 Å². The van der Waals surface area contributed by atoms with E-state index in [1.807, 2.05) is 0 Å². The molecule has 1 aliphatic carbocycles. The Morgan fingerprint density at radius 2 is 2.33 bits per heavy atom. The van der Waals surface area contributed by atoms with Crippen molar-refractivity contribution in [3.05, 3.63) is 29.6 Å². The van der Waals surface area contributed by atoms with Gasteiger partial charge in [-0.1, -0.05) is 25.2 Å². The molecule has 0 radical (unpaired) electrons. The minimum absolute atomic E-state index is 0.0421. The fourth-order valence-electron chi connectivity index (χ4n) is 2.70. The first-order valence-electron chi connectivity index (χ1n) is 7.52. The van der Waals surface area contributed by atoms with Crippen LogP contribution in [0, 0.1) is 23.7 Å². The minimum Gasteiger partial charge on any atom is -0.395 e. The van der Waals surface area contributed by atoms with Crippen LogP contribution >= 0.6 is 0 Å². The fraction of sp³-hybridized carbons (Fsp3) is 0.529. The van der Waals surface area contributed by atoms with Crippen molar-refractivity contribution < 1.29 is 9.90 Å². The van der Waals surface area contributed by atoms with Gasteiger partial charge in [0.1, 0.15) is 0 Å². The van der Waals surface area contributed by atoms with Crippen LogP contribution < -0.4 is 5.32 Å². The summed E-state index contributed by atoms with van der Waals surface area (Å²) in [6.45, 7) is 3.05. The first kappa shape index (κ1) is 15.5. The van der Waals surface area contributed by atoms with Crippen LogP contribution in [0.2, 0.25) is 0 Å². The molecule has 1 aliphatic rings. The summed E-state index contributed by atoms with van der Waals surface area (Å²) in [6.07, 6.45) is 7.27. The summed E-state index contributed by atoms with van der Waals surface area (Å²) in [5, 5.41) is 11.7. The van der Waals surface area contributed by atoms with Crippen LogP contribution in [0.1, 0.15) is 48.5 Å². The monoisotopic (exact) mass is 286 g/mol. The summed E-state index contributed by atoms with van der Waals surface area (Å²) in [5.74, 6) is 7.01. The second-order valence-corrected chi connectivity index (χ2v) is 5.73. The lowest BCUT2D eigenvalue weighted by Gasteiger charge is -2.11. The van der Waals surface area contributed by atoms with E-state index in [9.17, 15) is 4.79 Å². The first-order valence-corrected chi connectivity index (χ1v) is 7.52. The summed E-state index contributed by atoms with van der Waals surface area (Å²) < 4.78 is 0. The quantitative estimate of drug-likeness (QED) is 0.832. The van der Waals surface area contributed by atoms with Crippen molar-refractivity contribution in [1.29, 1.82) is 0 Å². The van der Waals surface area contributed by atoms with E-state index < -0.39 is 0 Å². The number of hydrogen-bond donors (Lipinski definition) is 2. The zero-order valence-electron chi connectivity index (χ0n) is 12.4. The second kappa shape index (κ2) is 7.80. The van der Waals surface area contributed by atoms with Gasteiger partial charge >= 0.3 is 0 Å². The molecule has 0 bridgehead atoms. The Morgan fingerprint density at radius 3 is 3.05 bits per heavy atom. The third kappa shape index (κ3) is 4.87. The van der Waals surface area contributed by atoms with Gasteiger partial charge in [-0.3, -0.25) is 9.78 Å². The highest BCUT2D eigenvalue weighted by Gasteiger charge is 2.21. The predicted octanol–water partition coefficient (Wildman–Crippen LogP) is 1.98. The maximum Gasteiger partial charge on any atom is 0.252 e. The Kier molecular flexibility index (Phi) is 5.77. The lowest BCUT2D eigenvalue weighted by molar-refractivity contribution is 0.0946. The largest absolute Gasteiger partial charge is 0.395 e. The number of pyridine rings is 1. The number of hydrogen-bond acceptors (Lipinski definition) is 3. The van der Waals surface area contributed by atoms with Crippen LogP contribution in [0.15, 0.2) is 18.5 Å². The van der Waals surface area contributed by atoms with Crippen molar-refractivity contribution in [2.75, 3.05) is 13.2 Å². The normalized spacial score (nSPS) is 20.7. The average molecular weight is 286 g/mol. The van der Waals surface area contributed by atoms with E-state index in [1.54, 1.807) is 18.5 Å². The molecule has 1 fully saturated rings. The molecule has 1 amide bonds. The van der Waals surface area contributed by atoms with Gasteiger partial charge in [-0.15, -0.1) is 0 Å². The van der Waals surface area contributed by atoms with Crippen LogP contribution in [0.4, 0.5) is 0 Å². The van der Waals surface area contributed by atoms with Gasteiger partial charge < -0.3 is 10.4 Å². The van der Waals surface area contributed by atoms with Crippen LogP contribution in [0.3, 0.4) is 0 Å². The standard InChI is InChI=1S/C17H22N2O2/c1-13-5-6-15(8-13)11-19-17(21)16-9-14(10-18-12-16)4-2-3-7-20/h9-10,12-13,15,20H,3,5-8,11H2,1H3,(H,19,21). The number of nitrogens with one attached hydrogen (secondary N) is 1. The molecule has 4 nitrogen and oxygen atoms in total. The molecule has 0 spiro atoms. The van der Waals surface area contributed by atoms with Crippen molar-refractivity contribution in [1.82, 2.24) is 10.3 Å². The van der Waals surface area contributed by atoms with E-state index in [1.165, 1.54) is 19.3 Å². The number of aromatic nitrogens is 1. The number of carbonyl (C=O) groups is 1. The second-order valence-electron chi connectivity index (χ2n) is 5.73. The molecule has 2 N–H and O–H groups in total. The van der Waals surface area contributed by atoms with Gasteiger partial charge in [-0.25, -0.2) is 0 Å². The van der Waals surface area contributed by atoms with E-state index >= 15 is 0 Å².